The maximum absolute atomic E-state index is 15.1. The Morgan fingerprint density at radius 1 is 0.738 bits per heavy atom. The van der Waals surface area contributed by atoms with E-state index >= 15 is 17.6 Å². The van der Waals surface area contributed by atoms with E-state index in [1.807, 2.05) is 27.7 Å². The van der Waals surface area contributed by atoms with Crippen molar-refractivity contribution in [3.63, 3.8) is 0 Å². The molecular formula is C30H39F4O5PS2. The van der Waals surface area contributed by atoms with Gasteiger partial charge in [0.2, 0.25) is 0 Å². The molecule has 0 unspecified atom stereocenters. The van der Waals surface area contributed by atoms with E-state index in [0.717, 1.165) is 22.7 Å². The Kier molecular flexibility index (Phi) is 14.0. The molecule has 2 heterocycles. The van der Waals surface area contributed by atoms with Crippen LogP contribution in [-0.2, 0) is 13.6 Å². The van der Waals surface area contributed by atoms with Crippen molar-refractivity contribution in [1.82, 2.24) is 0 Å². The number of hydrogen-bond acceptors (Lipinski definition) is 7. The second-order valence-electron chi connectivity index (χ2n) is 10.0. The average Bonchev–Trinajstić information content (AvgIpc) is 3.65. The molecule has 0 bridgehead atoms. The fourth-order valence-corrected chi connectivity index (χ4v) is 7.01. The van der Waals surface area contributed by atoms with Crippen molar-refractivity contribution in [3.05, 3.63) is 67.1 Å². The van der Waals surface area contributed by atoms with Crippen LogP contribution in [0, 0.1) is 11.8 Å². The quantitative estimate of drug-likeness (QED) is 0.0695. The standard InChI is InChI=1S/C30H39F4O5PS2/c1-7-21(8-2)19(5)23(27(35)25-13-11-15-41-25)17-29(31,32)38-40(37)39-30(33,34)18-24(20(6)22(9-3)10-4)28(36)26-14-12-16-42-26/h11-16,21-22,40H,7-10,17-18H2,1-6H3. The van der Waals surface area contributed by atoms with Gasteiger partial charge in [0, 0.05) is 11.1 Å². The van der Waals surface area contributed by atoms with Gasteiger partial charge in [0.25, 0.3) is 0 Å². The minimum atomic E-state index is -4.48. The highest BCUT2D eigenvalue weighted by atomic mass is 32.1. The van der Waals surface area contributed by atoms with Crippen molar-refractivity contribution in [1.29, 1.82) is 0 Å². The van der Waals surface area contributed by atoms with Gasteiger partial charge in [0.05, 0.1) is 22.6 Å². The molecule has 0 N–H and O–H groups in total. The average molecular weight is 651 g/mol. The van der Waals surface area contributed by atoms with E-state index in [4.69, 9.17) is 0 Å². The minimum absolute atomic E-state index is 0.165. The molecule has 0 fully saturated rings. The van der Waals surface area contributed by atoms with Crippen LogP contribution in [0.1, 0.15) is 99.4 Å². The highest BCUT2D eigenvalue weighted by Crippen LogP contribution is 2.45. The van der Waals surface area contributed by atoms with E-state index in [-0.39, 0.29) is 32.7 Å². The minimum Gasteiger partial charge on any atom is -0.288 e. The lowest BCUT2D eigenvalue weighted by atomic mass is 9.87. The molecule has 2 rings (SSSR count). The van der Waals surface area contributed by atoms with Gasteiger partial charge in [0.15, 0.2) is 11.6 Å². The summed E-state index contributed by atoms with van der Waals surface area (Å²) in [5.74, 6) is -1.58. The zero-order chi connectivity index (χ0) is 31.7. The zero-order valence-corrected chi connectivity index (χ0v) is 27.4. The lowest BCUT2D eigenvalue weighted by Gasteiger charge is -2.24. The van der Waals surface area contributed by atoms with Crippen LogP contribution in [0.3, 0.4) is 0 Å². The van der Waals surface area contributed by atoms with Crippen LogP contribution in [0.4, 0.5) is 17.6 Å². The summed E-state index contributed by atoms with van der Waals surface area (Å²) in [4.78, 5) is 26.7. The first kappa shape index (κ1) is 36.3. The normalized spacial score (nSPS) is 14.7. The topological polar surface area (TPSA) is 69.7 Å². The third-order valence-electron chi connectivity index (χ3n) is 7.42. The Bertz CT molecular complexity index is 1170. The van der Waals surface area contributed by atoms with Crippen molar-refractivity contribution >= 4 is 42.5 Å². The van der Waals surface area contributed by atoms with E-state index in [0.29, 0.717) is 36.8 Å². The smallest absolute Gasteiger partial charge is 0.288 e. The van der Waals surface area contributed by atoms with Crippen LogP contribution in [0.25, 0.3) is 0 Å². The molecule has 0 aromatic carbocycles. The second kappa shape index (κ2) is 16.2. The number of carbonyl (C=O) groups excluding carboxylic acids is 2. The molecule has 0 atom stereocenters. The van der Waals surface area contributed by atoms with Gasteiger partial charge in [-0.05, 0) is 74.3 Å². The Hall–Kier alpha value is -1.91. The first-order chi connectivity index (χ1) is 19.7. The molecule has 0 spiro atoms. The van der Waals surface area contributed by atoms with Gasteiger partial charge in [0.1, 0.15) is 0 Å². The second-order valence-corrected chi connectivity index (χ2v) is 12.8. The van der Waals surface area contributed by atoms with Crippen molar-refractivity contribution in [2.45, 2.75) is 92.3 Å². The van der Waals surface area contributed by atoms with Gasteiger partial charge < -0.3 is 0 Å². The molecule has 0 aliphatic carbocycles. The predicted octanol–water partition coefficient (Wildman–Crippen LogP) is 10.8. The monoisotopic (exact) mass is 650 g/mol. The first-order valence-corrected chi connectivity index (χ1v) is 16.9. The highest BCUT2D eigenvalue weighted by molar-refractivity contribution is 7.33. The molecule has 0 aliphatic rings. The van der Waals surface area contributed by atoms with Crippen LogP contribution in [0.15, 0.2) is 57.3 Å². The fourth-order valence-electron chi connectivity index (χ4n) is 4.95. The summed E-state index contributed by atoms with van der Waals surface area (Å²) < 4.78 is 81.2. The number of allylic oxidation sites excluding steroid dienone is 2. The number of Topliss-reactive ketones (excluding diaryl/α,β-unsaturated/α-hetero) is 2. The van der Waals surface area contributed by atoms with Gasteiger partial charge >= 0.3 is 20.5 Å². The summed E-state index contributed by atoms with van der Waals surface area (Å²) in [5, 5.41) is 3.27. The molecule has 234 valence electrons. The van der Waals surface area contributed by atoms with Gasteiger partial charge in [-0.1, -0.05) is 51.0 Å². The number of halogens is 4. The van der Waals surface area contributed by atoms with Gasteiger partial charge in [-0.25, -0.2) is 9.05 Å². The molecule has 0 saturated carbocycles. The van der Waals surface area contributed by atoms with E-state index < -0.39 is 44.9 Å². The summed E-state index contributed by atoms with van der Waals surface area (Å²) >= 11 is 2.17. The van der Waals surface area contributed by atoms with Crippen molar-refractivity contribution in [2.75, 3.05) is 0 Å². The summed E-state index contributed by atoms with van der Waals surface area (Å²) in [6.45, 7) is 10.6. The van der Waals surface area contributed by atoms with E-state index in [1.54, 1.807) is 36.7 Å². The SMILES string of the molecule is CCC(CC)C(C)=C(CC(F)(F)O[PH](=O)OC(F)(F)CC(C(=O)c1cccs1)=C(C)C(CC)CC)C(=O)c1cccs1. The van der Waals surface area contributed by atoms with E-state index in [9.17, 15) is 14.2 Å². The summed E-state index contributed by atoms with van der Waals surface area (Å²) in [6.07, 6.45) is -8.61. The first-order valence-electron chi connectivity index (χ1n) is 13.9. The Morgan fingerprint density at radius 3 is 1.33 bits per heavy atom. The third-order valence-corrected chi connectivity index (χ3v) is 10.1. The zero-order valence-electron chi connectivity index (χ0n) is 24.7. The number of alkyl halides is 4. The molecule has 12 heteroatoms. The van der Waals surface area contributed by atoms with Crippen molar-refractivity contribution in [3.8, 4) is 0 Å². The number of hydrogen-bond donors (Lipinski definition) is 0. The number of rotatable bonds is 18. The lowest BCUT2D eigenvalue weighted by molar-refractivity contribution is -0.208. The van der Waals surface area contributed by atoms with Crippen LogP contribution < -0.4 is 0 Å². The van der Waals surface area contributed by atoms with Gasteiger partial charge in [-0.3, -0.25) is 14.2 Å². The molecule has 5 nitrogen and oxygen atoms in total. The molecular weight excluding hydrogens is 611 g/mol. The lowest BCUT2D eigenvalue weighted by Crippen LogP contribution is -2.26. The van der Waals surface area contributed by atoms with Crippen molar-refractivity contribution < 1.29 is 40.8 Å². The maximum Gasteiger partial charge on any atom is 0.366 e. The molecule has 0 saturated heterocycles. The van der Waals surface area contributed by atoms with Gasteiger partial charge in [-0.15, -0.1) is 22.7 Å². The van der Waals surface area contributed by atoms with E-state index in [1.165, 1.54) is 12.1 Å². The molecule has 2 aromatic heterocycles. The Labute approximate surface area is 254 Å². The Balaban J connectivity index is 2.29. The Morgan fingerprint density at radius 2 is 1.07 bits per heavy atom. The summed E-state index contributed by atoms with van der Waals surface area (Å²) in [5.41, 5.74) is 0.438. The predicted molar refractivity (Wildman–Crippen MR) is 161 cm³/mol. The summed E-state index contributed by atoms with van der Waals surface area (Å²) in [7, 11) is -4.48. The fraction of sp³-hybridized carbons (Fsp3) is 0.533. The van der Waals surface area contributed by atoms with Crippen molar-refractivity contribution in [2.24, 2.45) is 11.8 Å². The summed E-state index contributed by atoms with van der Waals surface area (Å²) in [6, 6.07) is 6.24. The van der Waals surface area contributed by atoms with Crippen LogP contribution in [0.5, 0.6) is 0 Å². The van der Waals surface area contributed by atoms with Crippen LogP contribution >= 0.6 is 30.9 Å². The maximum atomic E-state index is 15.1. The number of carbonyl (C=O) groups is 2. The molecule has 0 radical (unpaired) electrons. The number of thiophene rings is 2. The molecule has 0 aliphatic heterocycles. The third kappa shape index (κ3) is 10.1. The van der Waals surface area contributed by atoms with Gasteiger partial charge in [-0.2, -0.15) is 17.6 Å². The van der Waals surface area contributed by atoms with E-state index in [2.05, 4.69) is 9.05 Å². The number of ketones is 2. The molecule has 0 amide bonds. The highest BCUT2D eigenvalue weighted by Gasteiger charge is 2.42. The molecule has 2 aromatic rings. The van der Waals surface area contributed by atoms with Crippen LogP contribution in [0.2, 0.25) is 0 Å². The molecule has 42 heavy (non-hydrogen) atoms. The van der Waals surface area contributed by atoms with Crippen LogP contribution in [-0.4, -0.2) is 23.8 Å². The largest absolute Gasteiger partial charge is 0.366 e.